The molecule has 1 heterocycles. The number of tetrazole rings is 1. The fraction of sp³-hybridized carbons (Fsp3) is 0.385. The number of anilines is 1. The van der Waals surface area contributed by atoms with E-state index in [0.717, 1.165) is 10.4 Å². The first kappa shape index (κ1) is 14.8. The standard InChI is InChI=1S/C13H18N6O2/c1-9(2)8-21-11-5-4-10(6-12(11)20-3)7-15-19-13(14)16-17-18-19/h4-7,9H,8H2,1-3H3,(H2,14,16,18)/b15-7-. The summed E-state index contributed by atoms with van der Waals surface area (Å²) < 4.78 is 11.0. The molecule has 21 heavy (non-hydrogen) atoms. The van der Waals surface area contributed by atoms with Crippen molar-refractivity contribution in [2.24, 2.45) is 11.0 Å². The van der Waals surface area contributed by atoms with Crippen LogP contribution in [0.15, 0.2) is 23.3 Å². The lowest BCUT2D eigenvalue weighted by Gasteiger charge is -2.12. The first-order valence-electron chi connectivity index (χ1n) is 6.49. The molecule has 8 nitrogen and oxygen atoms in total. The molecule has 1 aromatic carbocycles. The summed E-state index contributed by atoms with van der Waals surface area (Å²) in [6.45, 7) is 4.80. The number of aromatic nitrogens is 4. The third kappa shape index (κ3) is 3.91. The van der Waals surface area contributed by atoms with Gasteiger partial charge >= 0.3 is 0 Å². The molecule has 2 rings (SSSR count). The molecule has 8 heteroatoms. The molecular weight excluding hydrogens is 272 g/mol. The second kappa shape index (κ2) is 6.69. The van der Waals surface area contributed by atoms with Crippen molar-refractivity contribution in [3.8, 4) is 11.5 Å². The van der Waals surface area contributed by atoms with E-state index in [-0.39, 0.29) is 5.95 Å². The lowest BCUT2D eigenvalue weighted by Crippen LogP contribution is -2.05. The van der Waals surface area contributed by atoms with E-state index in [1.54, 1.807) is 13.3 Å². The number of hydrogen-bond acceptors (Lipinski definition) is 7. The summed E-state index contributed by atoms with van der Waals surface area (Å²) in [6, 6.07) is 5.52. The molecule has 112 valence electrons. The molecule has 0 radical (unpaired) electrons. The highest BCUT2D eigenvalue weighted by atomic mass is 16.5. The number of hydrogen-bond donors (Lipinski definition) is 1. The molecule has 0 aliphatic carbocycles. The molecule has 2 N–H and O–H groups in total. The zero-order valence-corrected chi connectivity index (χ0v) is 12.2. The molecule has 0 unspecified atom stereocenters. The van der Waals surface area contributed by atoms with Gasteiger partial charge in [-0.25, -0.2) is 0 Å². The minimum absolute atomic E-state index is 0.120. The fourth-order valence-electron chi connectivity index (χ4n) is 1.53. The Kier molecular flexibility index (Phi) is 4.70. The molecule has 0 saturated heterocycles. The van der Waals surface area contributed by atoms with Gasteiger partial charge in [0.05, 0.1) is 19.9 Å². The summed E-state index contributed by atoms with van der Waals surface area (Å²) in [5.41, 5.74) is 6.34. The predicted molar refractivity (Wildman–Crippen MR) is 78.5 cm³/mol. The van der Waals surface area contributed by atoms with Crippen LogP contribution in [-0.4, -0.2) is 40.2 Å². The molecule has 0 fully saturated rings. The van der Waals surface area contributed by atoms with Crippen LogP contribution in [0, 0.1) is 5.92 Å². The van der Waals surface area contributed by atoms with Crippen molar-refractivity contribution in [3.05, 3.63) is 23.8 Å². The molecule has 0 aliphatic heterocycles. The summed E-state index contributed by atoms with van der Waals surface area (Å²) in [6.07, 6.45) is 1.58. The van der Waals surface area contributed by atoms with Gasteiger partial charge in [-0.3, -0.25) is 0 Å². The van der Waals surface area contributed by atoms with E-state index >= 15 is 0 Å². The topological polar surface area (TPSA) is 100 Å². The van der Waals surface area contributed by atoms with Gasteiger partial charge < -0.3 is 15.2 Å². The minimum atomic E-state index is 0.120. The molecule has 0 bridgehead atoms. The van der Waals surface area contributed by atoms with E-state index in [1.165, 1.54) is 0 Å². The monoisotopic (exact) mass is 290 g/mol. The van der Waals surface area contributed by atoms with Crippen LogP contribution in [0.1, 0.15) is 19.4 Å². The molecule has 0 atom stereocenters. The normalized spacial score (nSPS) is 11.2. The second-order valence-corrected chi connectivity index (χ2v) is 4.79. The summed E-state index contributed by atoms with van der Waals surface area (Å²) >= 11 is 0. The van der Waals surface area contributed by atoms with Crippen molar-refractivity contribution in [3.63, 3.8) is 0 Å². The van der Waals surface area contributed by atoms with Crippen molar-refractivity contribution in [1.82, 2.24) is 20.3 Å². The van der Waals surface area contributed by atoms with Gasteiger partial charge in [-0.1, -0.05) is 23.7 Å². The number of nitrogen functional groups attached to an aromatic ring is 1. The maximum atomic E-state index is 5.69. The first-order valence-corrected chi connectivity index (χ1v) is 6.49. The summed E-state index contributed by atoms with van der Waals surface area (Å²) in [5.74, 6) is 1.91. The molecule has 0 amide bonds. The Balaban J connectivity index is 2.15. The SMILES string of the molecule is COc1cc(/C=N\n2nnnc2N)ccc1OCC(C)C. The third-order valence-electron chi connectivity index (χ3n) is 2.55. The van der Waals surface area contributed by atoms with Crippen molar-refractivity contribution in [2.75, 3.05) is 19.5 Å². The Morgan fingerprint density at radius 1 is 1.38 bits per heavy atom. The van der Waals surface area contributed by atoms with Gasteiger partial charge in [-0.05, 0) is 40.1 Å². The van der Waals surface area contributed by atoms with Gasteiger partial charge in [0.25, 0.3) is 5.95 Å². The zero-order valence-electron chi connectivity index (χ0n) is 12.2. The van der Waals surface area contributed by atoms with Crippen molar-refractivity contribution >= 4 is 12.2 Å². The van der Waals surface area contributed by atoms with Crippen LogP contribution in [0.4, 0.5) is 5.95 Å². The fourth-order valence-corrected chi connectivity index (χ4v) is 1.53. The number of rotatable bonds is 6. The van der Waals surface area contributed by atoms with Gasteiger partial charge in [0.2, 0.25) is 0 Å². The Labute approximate surface area is 122 Å². The Morgan fingerprint density at radius 3 is 2.81 bits per heavy atom. The Hall–Kier alpha value is -2.64. The quantitative estimate of drug-likeness (QED) is 0.802. The smallest absolute Gasteiger partial charge is 0.263 e. The van der Waals surface area contributed by atoms with Gasteiger partial charge in [-0.2, -0.15) is 5.10 Å². The number of benzene rings is 1. The molecule has 2 aromatic rings. The number of nitrogens with zero attached hydrogens (tertiary/aromatic N) is 5. The number of ether oxygens (including phenoxy) is 2. The lowest BCUT2D eigenvalue weighted by atomic mass is 10.2. The average Bonchev–Trinajstić information content (AvgIpc) is 2.88. The van der Waals surface area contributed by atoms with Crippen LogP contribution < -0.4 is 15.2 Å². The predicted octanol–water partition coefficient (Wildman–Crippen LogP) is 1.18. The van der Waals surface area contributed by atoms with Crippen LogP contribution in [0.3, 0.4) is 0 Å². The molecule has 0 saturated carbocycles. The van der Waals surface area contributed by atoms with Crippen LogP contribution >= 0.6 is 0 Å². The van der Waals surface area contributed by atoms with Crippen LogP contribution in [0.2, 0.25) is 0 Å². The molecule has 0 spiro atoms. The molecular formula is C13H18N6O2. The van der Waals surface area contributed by atoms with Gasteiger partial charge in [0, 0.05) is 0 Å². The van der Waals surface area contributed by atoms with E-state index in [4.69, 9.17) is 15.2 Å². The zero-order chi connectivity index (χ0) is 15.2. The lowest BCUT2D eigenvalue weighted by molar-refractivity contribution is 0.257. The number of methoxy groups -OCH3 is 1. The molecule has 1 aromatic heterocycles. The Morgan fingerprint density at radius 2 is 2.19 bits per heavy atom. The van der Waals surface area contributed by atoms with Crippen molar-refractivity contribution < 1.29 is 9.47 Å². The third-order valence-corrected chi connectivity index (χ3v) is 2.55. The second-order valence-electron chi connectivity index (χ2n) is 4.79. The molecule has 0 aliphatic rings. The average molecular weight is 290 g/mol. The Bertz CT molecular complexity index is 623. The first-order chi connectivity index (χ1) is 10.1. The van der Waals surface area contributed by atoms with Crippen molar-refractivity contribution in [1.29, 1.82) is 0 Å². The van der Waals surface area contributed by atoms with E-state index in [2.05, 4.69) is 34.5 Å². The summed E-state index contributed by atoms with van der Waals surface area (Å²) in [5, 5.41) is 14.6. The summed E-state index contributed by atoms with van der Waals surface area (Å²) in [7, 11) is 1.60. The van der Waals surface area contributed by atoms with Gasteiger partial charge in [-0.15, -0.1) is 0 Å². The van der Waals surface area contributed by atoms with Gasteiger partial charge in [0.15, 0.2) is 11.5 Å². The van der Waals surface area contributed by atoms with Crippen molar-refractivity contribution in [2.45, 2.75) is 13.8 Å². The highest BCUT2D eigenvalue weighted by Crippen LogP contribution is 2.28. The minimum Gasteiger partial charge on any atom is -0.493 e. The van der Waals surface area contributed by atoms with Crippen LogP contribution in [0.5, 0.6) is 11.5 Å². The number of nitrogens with two attached hydrogens (primary N) is 1. The summed E-state index contributed by atoms with van der Waals surface area (Å²) in [4.78, 5) is 1.13. The van der Waals surface area contributed by atoms with Crippen LogP contribution in [0.25, 0.3) is 0 Å². The van der Waals surface area contributed by atoms with E-state index in [0.29, 0.717) is 24.0 Å². The van der Waals surface area contributed by atoms with Gasteiger partial charge in [0.1, 0.15) is 0 Å². The van der Waals surface area contributed by atoms with E-state index in [9.17, 15) is 0 Å². The van der Waals surface area contributed by atoms with E-state index in [1.807, 2.05) is 18.2 Å². The maximum absolute atomic E-state index is 5.69. The maximum Gasteiger partial charge on any atom is 0.263 e. The van der Waals surface area contributed by atoms with E-state index < -0.39 is 0 Å². The highest BCUT2D eigenvalue weighted by Gasteiger charge is 2.06. The highest BCUT2D eigenvalue weighted by molar-refractivity contribution is 5.80. The van der Waals surface area contributed by atoms with Crippen LogP contribution in [-0.2, 0) is 0 Å². The largest absolute Gasteiger partial charge is 0.493 e.